The van der Waals surface area contributed by atoms with Crippen molar-refractivity contribution in [2.75, 3.05) is 0 Å². The largest absolute Gasteiger partial charge is 0.302 e. The molecule has 1 atom stereocenters. The Kier molecular flexibility index (Phi) is 4.88. The second kappa shape index (κ2) is 6.65. The van der Waals surface area contributed by atoms with Crippen molar-refractivity contribution in [2.24, 2.45) is 0 Å². The van der Waals surface area contributed by atoms with Crippen molar-refractivity contribution in [3.05, 3.63) is 65.7 Å². The number of hydrogen-bond acceptors (Lipinski definition) is 3. The highest BCUT2D eigenvalue weighted by Crippen LogP contribution is 2.11. The molecule has 21 heavy (non-hydrogen) atoms. The van der Waals surface area contributed by atoms with Gasteiger partial charge in [-0.2, -0.15) is 0 Å². The Balaban J connectivity index is 2.14. The van der Waals surface area contributed by atoms with Gasteiger partial charge in [-0.25, -0.2) is 13.1 Å². The molecule has 0 bridgehead atoms. The summed E-state index contributed by atoms with van der Waals surface area (Å²) in [5, 5.41) is 0. The molecule has 2 rings (SSSR count). The number of aldehydes is 1. The van der Waals surface area contributed by atoms with Crippen LogP contribution < -0.4 is 4.72 Å². The smallest absolute Gasteiger partial charge is 0.241 e. The molecule has 0 saturated carbocycles. The van der Waals surface area contributed by atoms with E-state index in [1.165, 1.54) is 12.1 Å². The van der Waals surface area contributed by atoms with Gasteiger partial charge < -0.3 is 4.79 Å². The van der Waals surface area contributed by atoms with Gasteiger partial charge in [0.25, 0.3) is 0 Å². The molecule has 0 aliphatic carbocycles. The molecule has 0 spiro atoms. The highest BCUT2D eigenvalue weighted by atomic mass is 32.2. The highest BCUT2D eigenvalue weighted by molar-refractivity contribution is 7.89. The number of aryl methyl sites for hydroxylation is 1. The van der Waals surface area contributed by atoms with Gasteiger partial charge in [-0.15, -0.1) is 0 Å². The zero-order valence-corrected chi connectivity index (χ0v) is 12.5. The molecular weight excluding hydrogens is 286 g/mol. The average molecular weight is 303 g/mol. The first-order valence-corrected chi connectivity index (χ1v) is 8.08. The summed E-state index contributed by atoms with van der Waals surface area (Å²) in [5.74, 6) is 0. The molecule has 0 amide bonds. The molecule has 0 heterocycles. The lowest BCUT2D eigenvalue weighted by Gasteiger charge is -2.13. The minimum Gasteiger partial charge on any atom is -0.302 e. The summed E-state index contributed by atoms with van der Waals surface area (Å²) in [7, 11) is -3.69. The predicted molar refractivity (Wildman–Crippen MR) is 81.5 cm³/mol. The van der Waals surface area contributed by atoms with Gasteiger partial charge in [-0.1, -0.05) is 48.0 Å². The molecular formula is C16H17NO3S. The fourth-order valence-corrected chi connectivity index (χ4v) is 3.14. The van der Waals surface area contributed by atoms with Crippen LogP contribution in [0.5, 0.6) is 0 Å². The van der Waals surface area contributed by atoms with Crippen LogP contribution in [-0.4, -0.2) is 20.7 Å². The lowest BCUT2D eigenvalue weighted by atomic mass is 10.1. The molecule has 0 aliphatic heterocycles. The SMILES string of the molecule is Cc1ccc(S(=O)(=O)N[C@H](C=O)Cc2ccccc2)cc1. The molecule has 0 unspecified atom stereocenters. The molecule has 0 aliphatic rings. The molecule has 5 heteroatoms. The monoisotopic (exact) mass is 303 g/mol. The first kappa shape index (κ1) is 15.4. The topological polar surface area (TPSA) is 63.2 Å². The average Bonchev–Trinajstić information content (AvgIpc) is 2.48. The number of rotatable bonds is 6. The van der Waals surface area contributed by atoms with Crippen molar-refractivity contribution in [2.45, 2.75) is 24.3 Å². The zero-order chi connectivity index (χ0) is 15.3. The van der Waals surface area contributed by atoms with Crippen LogP contribution in [0, 0.1) is 6.92 Å². The summed E-state index contributed by atoms with van der Waals surface area (Å²) in [5.41, 5.74) is 1.88. The Morgan fingerprint density at radius 3 is 2.24 bits per heavy atom. The van der Waals surface area contributed by atoms with Crippen LogP contribution >= 0.6 is 0 Å². The number of sulfonamides is 1. The van der Waals surface area contributed by atoms with Crippen LogP contribution in [0.1, 0.15) is 11.1 Å². The van der Waals surface area contributed by atoms with Crippen LogP contribution in [0.2, 0.25) is 0 Å². The van der Waals surface area contributed by atoms with Crippen molar-refractivity contribution < 1.29 is 13.2 Å². The molecule has 1 N–H and O–H groups in total. The molecule has 4 nitrogen and oxygen atoms in total. The third-order valence-corrected chi connectivity index (χ3v) is 4.61. The summed E-state index contributed by atoms with van der Waals surface area (Å²) in [6.07, 6.45) is 0.953. The van der Waals surface area contributed by atoms with E-state index < -0.39 is 16.1 Å². The molecule has 0 saturated heterocycles. The van der Waals surface area contributed by atoms with Crippen molar-refractivity contribution in [3.8, 4) is 0 Å². The quantitative estimate of drug-likeness (QED) is 0.831. The van der Waals surface area contributed by atoms with Gasteiger partial charge in [0.05, 0.1) is 10.9 Å². The lowest BCUT2D eigenvalue weighted by molar-refractivity contribution is -0.109. The molecule has 0 aromatic heterocycles. The lowest BCUT2D eigenvalue weighted by Crippen LogP contribution is -2.37. The van der Waals surface area contributed by atoms with Gasteiger partial charge in [0.2, 0.25) is 10.0 Å². The van der Waals surface area contributed by atoms with Crippen molar-refractivity contribution in [1.29, 1.82) is 0 Å². The molecule has 0 fully saturated rings. The van der Waals surface area contributed by atoms with E-state index in [-0.39, 0.29) is 4.90 Å². The third-order valence-electron chi connectivity index (χ3n) is 3.10. The van der Waals surface area contributed by atoms with Crippen LogP contribution in [0.4, 0.5) is 0 Å². The minimum absolute atomic E-state index is 0.160. The maximum atomic E-state index is 12.2. The number of carbonyl (C=O) groups is 1. The zero-order valence-electron chi connectivity index (χ0n) is 11.7. The van der Waals surface area contributed by atoms with E-state index in [1.54, 1.807) is 12.1 Å². The second-order valence-corrected chi connectivity index (χ2v) is 6.58. The summed E-state index contributed by atoms with van der Waals surface area (Å²) < 4.78 is 26.9. The molecule has 0 radical (unpaired) electrons. The molecule has 2 aromatic carbocycles. The highest BCUT2D eigenvalue weighted by Gasteiger charge is 2.19. The Labute approximate surface area is 124 Å². The summed E-state index contributed by atoms with van der Waals surface area (Å²) in [4.78, 5) is 11.3. The van der Waals surface area contributed by atoms with E-state index in [1.807, 2.05) is 37.3 Å². The van der Waals surface area contributed by atoms with Gasteiger partial charge in [0.1, 0.15) is 6.29 Å². The number of nitrogens with one attached hydrogen (secondary N) is 1. The van der Waals surface area contributed by atoms with E-state index >= 15 is 0 Å². The number of benzene rings is 2. The Morgan fingerprint density at radius 2 is 1.67 bits per heavy atom. The Hall–Kier alpha value is -1.98. The van der Waals surface area contributed by atoms with Gasteiger partial charge in [0.15, 0.2) is 0 Å². The fraction of sp³-hybridized carbons (Fsp3) is 0.188. The maximum absolute atomic E-state index is 12.2. The first-order chi connectivity index (χ1) is 10.0. The number of carbonyl (C=O) groups excluding carboxylic acids is 1. The third kappa shape index (κ3) is 4.24. The Bertz CT molecular complexity index is 694. The van der Waals surface area contributed by atoms with E-state index in [0.29, 0.717) is 12.7 Å². The minimum atomic E-state index is -3.69. The molecule has 110 valence electrons. The first-order valence-electron chi connectivity index (χ1n) is 6.59. The van der Waals surface area contributed by atoms with Crippen molar-refractivity contribution >= 4 is 16.3 Å². The predicted octanol–water partition coefficient (Wildman–Crippen LogP) is 2.08. The summed E-state index contributed by atoms with van der Waals surface area (Å²) in [6, 6.07) is 15.0. The van der Waals surface area contributed by atoms with E-state index in [4.69, 9.17) is 0 Å². The standard InChI is InChI=1S/C16H17NO3S/c1-13-7-9-16(10-8-13)21(19,20)17-15(12-18)11-14-5-3-2-4-6-14/h2-10,12,15,17H,11H2,1H3/t15-/m0/s1. The second-order valence-electron chi connectivity index (χ2n) is 4.87. The van der Waals surface area contributed by atoms with Gasteiger partial charge in [-0.05, 0) is 31.0 Å². The fourth-order valence-electron chi connectivity index (χ4n) is 1.97. The van der Waals surface area contributed by atoms with Crippen LogP contribution in [0.3, 0.4) is 0 Å². The van der Waals surface area contributed by atoms with Crippen molar-refractivity contribution in [3.63, 3.8) is 0 Å². The van der Waals surface area contributed by atoms with Gasteiger partial charge in [-0.3, -0.25) is 0 Å². The molecule has 2 aromatic rings. The Morgan fingerprint density at radius 1 is 1.05 bits per heavy atom. The maximum Gasteiger partial charge on any atom is 0.241 e. The van der Waals surface area contributed by atoms with Gasteiger partial charge >= 0.3 is 0 Å². The van der Waals surface area contributed by atoms with E-state index in [9.17, 15) is 13.2 Å². The summed E-state index contributed by atoms with van der Waals surface area (Å²) >= 11 is 0. The van der Waals surface area contributed by atoms with Gasteiger partial charge in [0, 0.05) is 0 Å². The van der Waals surface area contributed by atoms with Crippen molar-refractivity contribution in [1.82, 2.24) is 4.72 Å². The summed E-state index contributed by atoms with van der Waals surface area (Å²) in [6.45, 7) is 1.88. The number of hydrogen-bond donors (Lipinski definition) is 1. The van der Waals surface area contributed by atoms with Crippen LogP contribution in [0.25, 0.3) is 0 Å². The normalized spacial score (nSPS) is 12.8. The van der Waals surface area contributed by atoms with Crippen LogP contribution in [-0.2, 0) is 21.2 Å². The van der Waals surface area contributed by atoms with E-state index in [2.05, 4.69) is 4.72 Å². The van der Waals surface area contributed by atoms with E-state index in [0.717, 1.165) is 11.1 Å². The van der Waals surface area contributed by atoms with Crippen LogP contribution in [0.15, 0.2) is 59.5 Å².